The molecule has 5 heteroatoms. The molecule has 4 nitrogen and oxygen atoms in total. The van der Waals surface area contributed by atoms with Crippen molar-refractivity contribution in [3.05, 3.63) is 53.1 Å². The zero-order chi connectivity index (χ0) is 16.6. The number of aryl methyl sites for hydroxylation is 1. The number of hydrogen-bond acceptors (Lipinski definition) is 2. The minimum Gasteiger partial charge on any atom is -0.396 e. The third-order valence-corrected chi connectivity index (χ3v) is 4.66. The van der Waals surface area contributed by atoms with E-state index in [9.17, 15) is 14.3 Å². The zero-order valence-electron chi connectivity index (χ0n) is 13.4. The highest BCUT2D eigenvalue weighted by Gasteiger charge is 2.42. The Kier molecular flexibility index (Phi) is 3.98. The van der Waals surface area contributed by atoms with Crippen molar-refractivity contribution in [2.24, 2.45) is 5.41 Å². The molecule has 1 amide bonds. The van der Waals surface area contributed by atoms with Crippen molar-refractivity contribution >= 4 is 5.91 Å². The van der Waals surface area contributed by atoms with Crippen LogP contribution in [0.4, 0.5) is 4.39 Å². The summed E-state index contributed by atoms with van der Waals surface area (Å²) < 4.78 is 15.3. The summed E-state index contributed by atoms with van der Waals surface area (Å²) in [5.74, 6) is -0.458. The van der Waals surface area contributed by atoms with E-state index >= 15 is 0 Å². The number of carbonyl (C=O) groups is 1. The van der Waals surface area contributed by atoms with E-state index in [-0.39, 0.29) is 23.7 Å². The number of carbonyl (C=O) groups excluding carboxylic acids is 1. The Balaban J connectivity index is 1.84. The van der Waals surface area contributed by atoms with E-state index in [1.807, 2.05) is 30.5 Å². The molecule has 0 saturated heterocycles. The van der Waals surface area contributed by atoms with E-state index in [0.29, 0.717) is 17.8 Å². The van der Waals surface area contributed by atoms with Gasteiger partial charge in [0.15, 0.2) is 0 Å². The van der Waals surface area contributed by atoms with Gasteiger partial charge in [-0.25, -0.2) is 4.39 Å². The Hall–Kier alpha value is -2.14. The van der Waals surface area contributed by atoms with E-state index in [1.165, 1.54) is 12.1 Å². The van der Waals surface area contributed by atoms with Gasteiger partial charge in [0.1, 0.15) is 5.82 Å². The van der Waals surface area contributed by atoms with E-state index in [4.69, 9.17) is 0 Å². The number of hydrogen-bond donors (Lipinski definition) is 2. The van der Waals surface area contributed by atoms with Gasteiger partial charge in [-0.1, -0.05) is 6.07 Å². The lowest BCUT2D eigenvalue weighted by atomic mass is 10.1. The number of amides is 1. The first kappa shape index (κ1) is 15.7. The van der Waals surface area contributed by atoms with Gasteiger partial charge < -0.3 is 15.0 Å². The van der Waals surface area contributed by atoms with E-state index in [2.05, 4.69) is 5.32 Å². The number of nitrogens with one attached hydrogen (secondary N) is 1. The number of rotatable bonds is 5. The third-order valence-electron chi connectivity index (χ3n) is 4.66. The summed E-state index contributed by atoms with van der Waals surface area (Å²) in [5, 5.41) is 12.2. The first-order chi connectivity index (χ1) is 11.0. The number of benzene rings is 1. The standard InChI is InChI=1S/C18H21FN2O2/c1-12-8-16(17(23)20-10-18(11-22)6-7-18)13(2)21(12)15-5-3-4-14(19)9-15/h3-5,8-9,22H,6-7,10-11H2,1-2H3,(H,20,23). The molecule has 1 aromatic carbocycles. The lowest BCUT2D eigenvalue weighted by Gasteiger charge is -2.13. The van der Waals surface area contributed by atoms with Gasteiger partial charge in [-0.2, -0.15) is 0 Å². The van der Waals surface area contributed by atoms with Crippen LogP contribution < -0.4 is 5.32 Å². The number of aliphatic hydroxyl groups is 1. The van der Waals surface area contributed by atoms with Gasteiger partial charge in [0.25, 0.3) is 5.91 Å². The Morgan fingerprint density at radius 3 is 2.70 bits per heavy atom. The van der Waals surface area contributed by atoms with Crippen molar-refractivity contribution in [2.75, 3.05) is 13.2 Å². The molecule has 1 aliphatic carbocycles. The second-order valence-electron chi connectivity index (χ2n) is 6.44. The molecule has 0 atom stereocenters. The van der Waals surface area contributed by atoms with E-state index in [1.54, 1.807) is 6.07 Å². The Morgan fingerprint density at radius 2 is 2.09 bits per heavy atom. The van der Waals surface area contributed by atoms with Crippen LogP contribution in [-0.2, 0) is 0 Å². The topological polar surface area (TPSA) is 54.3 Å². The minimum absolute atomic E-state index is 0.107. The number of aromatic nitrogens is 1. The van der Waals surface area contributed by atoms with Gasteiger partial charge in [-0.3, -0.25) is 4.79 Å². The molecular formula is C18H21FN2O2. The Morgan fingerprint density at radius 1 is 1.35 bits per heavy atom. The molecule has 1 heterocycles. The first-order valence-corrected chi connectivity index (χ1v) is 7.80. The van der Waals surface area contributed by atoms with Crippen LogP contribution in [0.5, 0.6) is 0 Å². The van der Waals surface area contributed by atoms with Gasteiger partial charge >= 0.3 is 0 Å². The fourth-order valence-electron chi connectivity index (χ4n) is 2.94. The largest absolute Gasteiger partial charge is 0.396 e. The summed E-state index contributed by atoms with van der Waals surface area (Å²) in [4.78, 5) is 12.4. The maximum Gasteiger partial charge on any atom is 0.253 e. The fraction of sp³-hybridized carbons (Fsp3) is 0.389. The van der Waals surface area contributed by atoms with Gasteiger partial charge in [0.2, 0.25) is 0 Å². The van der Waals surface area contributed by atoms with Crippen molar-refractivity contribution in [2.45, 2.75) is 26.7 Å². The summed E-state index contributed by atoms with van der Waals surface area (Å²) in [5.41, 5.74) is 2.82. The SMILES string of the molecule is Cc1cc(C(=O)NCC2(CO)CC2)c(C)n1-c1cccc(F)c1. The average Bonchev–Trinajstić information content (AvgIpc) is 3.25. The second kappa shape index (κ2) is 5.81. The summed E-state index contributed by atoms with van der Waals surface area (Å²) in [7, 11) is 0. The van der Waals surface area contributed by atoms with Crippen LogP contribution in [0.15, 0.2) is 30.3 Å². The van der Waals surface area contributed by atoms with Crippen molar-refractivity contribution in [3.63, 3.8) is 0 Å². The summed E-state index contributed by atoms with van der Waals surface area (Å²) in [6.07, 6.45) is 1.90. The van der Waals surface area contributed by atoms with Crippen LogP contribution in [0, 0.1) is 25.1 Å². The maximum absolute atomic E-state index is 13.5. The average molecular weight is 316 g/mol. The number of aliphatic hydroxyl groups excluding tert-OH is 1. The molecule has 0 bridgehead atoms. The lowest BCUT2D eigenvalue weighted by molar-refractivity contribution is 0.0934. The predicted molar refractivity (Wildman–Crippen MR) is 86.3 cm³/mol. The summed E-state index contributed by atoms with van der Waals surface area (Å²) in [6.45, 7) is 4.35. The van der Waals surface area contributed by atoms with Gasteiger partial charge in [0, 0.05) is 29.0 Å². The monoisotopic (exact) mass is 316 g/mol. The highest BCUT2D eigenvalue weighted by molar-refractivity contribution is 5.96. The Bertz CT molecular complexity index is 747. The van der Waals surface area contributed by atoms with E-state index < -0.39 is 0 Å². The normalized spacial score (nSPS) is 15.5. The molecule has 1 fully saturated rings. The summed E-state index contributed by atoms with van der Waals surface area (Å²) in [6, 6.07) is 8.13. The molecule has 1 aliphatic rings. The fourth-order valence-corrected chi connectivity index (χ4v) is 2.94. The van der Waals surface area contributed by atoms with Crippen LogP contribution in [0.3, 0.4) is 0 Å². The van der Waals surface area contributed by atoms with Gasteiger partial charge in [0.05, 0.1) is 12.2 Å². The van der Waals surface area contributed by atoms with Crippen molar-refractivity contribution in [3.8, 4) is 5.69 Å². The quantitative estimate of drug-likeness (QED) is 0.891. The molecule has 122 valence electrons. The second-order valence-corrected chi connectivity index (χ2v) is 6.44. The number of nitrogens with zero attached hydrogens (tertiary/aromatic N) is 1. The minimum atomic E-state index is -0.306. The zero-order valence-corrected chi connectivity index (χ0v) is 13.4. The molecule has 0 radical (unpaired) electrons. The molecule has 0 spiro atoms. The summed E-state index contributed by atoms with van der Waals surface area (Å²) >= 11 is 0. The molecule has 1 aromatic heterocycles. The maximum atomic E-state index is 13.5. The highest BCUT2D eigenvalue weighted by Crippen LogP contribution is 2.44. The lowest BCUT2D eigenvalue weighted by Crippen LogP contribution is -2.32. The van der Waals surface area contributed by atoms with Gasteiger partial charge in [-0.15, -0.1) is 0 Å². The third kappa shape index (κ3) is 3.01. The van der Waals surface area contributed by atoms with Crippen molar-refractivity contribution in [1.82, 2.24) is 9.88 Å². The molecule has 0 aliphatic heterocycles. The van der Waals surface area contributed by atoms with Crippen molar-refractivity contribution < 1.29 is 14.3 Å². The molecule has 1 saturated carbocycles. The van der Waals surface area contributed by atoms with Crippen molar-refractivity contribution in [1.29, 1.82) is 0 Å². The number of halogens is 1. The molecule has 2 aromatic rings. The van der Waals surface area contributed by atoms with E-state index in [0.717, 1.165) is 24.2 Å². The molecular weight excluding hydrogens is 295 g/mol. The predicted octanol–water partition coefficient (Wildman–Crippen LogP) is 2.74. The van der Waals surface area contributed by atoms with Crippen LogP contribution in [-0.4, -0.2) is 28.7 Å². The molecule has 3 rings (SSSR count). The Labute approximate surface area is 134 Å². The van der Waals surface area contributed by atoms with Crippen LogP contribution in [0.1, 0.15) is 34.6 Å². The highest BCUT2D eigenvalue weighted by atomic mass is 19.1. The molecule has 23 heavy (non-hydrogen) atoms. The molecule has 2 N–H and O–H groups in total. The smallest absolute Gasteiger partial charge is 0.253 e. The first-order valence-electron chi connectivity index (χ1n) is 7.80. The molecule has 0 unspecified atom stereocenters. The van der Waals surface area contributed by atoms with Crippen LogP contribution >= 0.6 is 0 Å². The van der Waals surface area contributed by atoms with Crippen LogP contribution in [0.2, 0.25) is 0 Å². The van der Waals surface area contributed by atoms with Crippen LogP contribution in [0.25, 0.3) is 5.69 Å². The van der Waals surface area contributed by atoms with Gasteiger partial charge in [-0.05, 0) is 51.0 Å².